The van der Waals surface area contributed by atoms with E-state index in [0.29, 0.717) is 30.1 Å². The van der Waals surface area contributed by atoms with Gasteiger partial charge in [-0.15, -0.1) is 0 Å². The van der Waals surface area contributed by atoms with E-state index in [1.54, 1.807) is 0 Å². The Balaban J connectivity index is 1.61. The second kappa shape index (κ2) is 6.06. The molecule has 0 aromatic heterocycles. The van der Waals surface area contributed by atoms with E-state index < -0.39 is 5.60 Å². The summed E-state index contributed by atoms with van der Waals surface area (Å²) in [5.74, 6) is 3.44. The van der Waals surface area contributed by atoms with E-state index in [0.717, 1.165) is 24.2 Å². The molecule has 0 saturated heterocycles. The van der Waals surface area contributed by atoms with Gasteiger partial charge >= 0.3 is 0 Å². The highest BCUT2D eigenvalue weighted by Gasteiger charge is 2.62. The maximum absolute atomic E-state index is 12.8. The molecule has 0 aliphatic heterocycles. The minimum Gasteiger partial charge on any atom is -0.381 e. The molecule has 8 atom stereocenters. The Bertz CT molecular complexity index is 639. The molecule has 0 amide bonds. The third-order valence-electron chi connectivity index (χ3n) is 9.77. The summed E-state index contributed by atoms with van der Waals surface area (Å²) in [6, 6.07) is 2.05. The fourth-order valence-electron chi connectivity index (χ4n) is 8.26. The summed E-state index contributed by atoms with van der Waals surface area (Å²) in [6.45, 7) is 7.26. The highest BCUT2D eigenvalue weighted by molar-refractivity contribution is 5.89. The maximum atomic E-state index is 12.8. The Labute approximate surface area is 158 Å². The van der Waals surface area contributed by atoms with Gasteiger partial charge in [0.2, 0.25) is 0 Å². The molecule has 26 heavy (non-hydrogen) atoms. The molecule has 4 rings (SSSR count). The molecule has 4 aliphatic carbocycles. The number of nitrogens with zero attached hydrogens (tertiary/aromatic N) is 1. The van der Waals surface area contributed by atoms with Crippen molar-refractivity contribution in [2.24, 2.45) is 40.4 Å². The lowest BCUT2D eigenvalue weighted by atomic mass is 9.43. The van der Waals surface area contributed by atoms with Crippen molar-refractivity contribution in [1.82, 2.24) is 0 Å². The van der Waals surface area contributed by atoms with Crippen molar-refractivity contribution < 1.29 is 9.90 Å². The van der Waals surface area contributed by atoms with Gasteiger partial charge in [0, 0.05) is 6.42 Å². The lowest BCUT2D eigenvalue weighted by Crippen LogP contribution is -2.59. The zero-order chi connectivity index (χ0) is 18.7. The van der Waals surface area contributed by atoms with Gasteiger partial charge < -0.3 is 5.11 Å². The van der Waals surface area contributed by atoms with E-state index in [4.69, 9.17) is 5.26 Å². The van der Waals surface area contributed by atoms with Gasteiger partial charge in [0.05, 0.1) is 12.5 Å². The summed E-state index contributed by atoms with van der Waals surface area (Å²) in [5.41, 5.74) is -0.831. The molecule has 4 fully saturated rings. The van der Waals surface area contributed by atoms with Crippen LogP contribution in [0.5, 0.6) is 0 Å². The molecule has 0 spiro atoms. The number of carbonyl (C=O) groups is 1. The highest BCUT2D eigenvalue weighted by atomic mass is 16.3. The quantitative estimate of drug-likeness (QED) is 0.766. The van der Waals surface area contributed by atoms with E-state index in [-0.39, 0.29) is 17.6 Å². The maximum Gasteiger partial charge on any atom is 0.165 e. The van der Waals surface area contributed by atoms with E-state index in [2.05, 4.69) is 20.8 Å². The van der Waals surface area contributed by atoms with E-state index in [9.17, 15) is 9.90 Å². The van der Waals surface area contributed by atoms with Crippen molar-refractivity contribution in [1.29, 1.82) is 5.26 Å². The highest BCUT2D eigenvalue weighted by Crippen LogP contribution is 2.68. The molecular formula is C23H35NO2. The lowest BCUT2D eigenvalue weighted by Gasteiger charge is -2.61. The molecule has 0 aromatic rings. The van der Waals surface area contributed by atoms with Crippen molar-refractivity contribution >= 4 is 5.78 Å². The number of fused-ring (bicyclic) bond motifs is 5. The van der Waals surface area contributed by atoms with Gasteiger partial charge in [-0.3, -0.25) is 4.79 Å². The number of carbonyl (C=O) groups excluding carboxylic acids is 1. The summed E-state index contributed by atoms with van der Waals surface area (Å²) in [4.78, 5) is 12.8. The van der Waals surface area contributed by atoms with Crippen LogP contribution in [-0.2, 0) is 4.79 Å². The van der Waals surface area contributed by atoms with Crippen molar-refractivity contribution in [3.63, 3.8) is 0 Å². The summed E-state index contributed by atoms with van der Waals surface area (Å²) in [7, 11) is 0. The van der Waals surface area contributed by atoms with Crippen LogP contribution in [0.4, 0.5) is 0 Å². The zero-order valence-corrected chi connectivity index (χ0v) is 16.8. The van der Waals surface area contributed by atoms with Crippen molar-refractivity contribution in [3.05, 3.63) is 0 Å². The van der Waals surface area contributed by atoms with Crippen LogP contribution in [0.1, 0.15) is 85.0 Å². The molecule has 0 heterocycles. The number of rotatable bonds is 2. The van der Waals surface area contributed by atoms with Crippen LogP contribution in [0.15, 0.2) is 0 Å². The van der Waals surface area contributed by atoms with Crippen LogP contribution in [0.25, 0.3) is 0 Å². The van der Waals surface area contributed by atoms with Crippen molar-refractivity contribution in [2.45, 2.75) is 90.6 Å². The topological polar surface area (TPSA) is 61.1 Å². The van der Waals surface area contributed by atoms with Crippen LogP contribution in [0, 0.1) is 51.8 Å². The molecule has 3 nitrogen and oxygen atoms in total. The third kappa shape index (κ3) is 2.37. The van der Waals surface area contributed by atoms with E-state index >= 15 is 0 Å². The first-order chi connectivity index (χ1) is 12.3. The first-order valence-electron chi connectivity index (χ1n) is 10.9. The molecule has 0 radical (unpaired) electrons. The first kappa shape index (κ1) is 18.5. The van der Waals surface area contributed by atoms with Gasteiger partial charge in [-0.25, -0.2) is 0 Å². The van der Waals surface area contributed by atoms with Gasteiger partial charge in [0.25, 0.3) is 0 Å². The van der Waals surface area contributed by atoms with Gasteiger partial charge in [-0.2, -0.15) is 5.26 Å². The van der Waals surface area contributed by atoms with Crippen LogP contribution >= 0.6 is 0 Å². The van der Waals surface area contributed by atoms with Gasteiger partial charge in [0.15, 0.2) is 5.78 Å². The number of hydrogen-bond acceptors (Lipinski definition) is 3. The summed E-state index contributed by atoms with van der Waals surface area (Å²) in [6.07, 6.45) is 10.00. The number of aliphatic hydroxyl groups is 1. The van der Waals surface area contributed by atoms with Crippen LogP contribution in [0.3, 0.4) is 0 Å². The second-order valence-electron chi connectivity index (χ2n) is 10.6. The fraction of sp³-hybridized carbons (Fsp3) is 0.913. The van der Waals surface area contributed by atoms with Crippen molar-refractivity contribution in [2.75, 3.05) is 0 Å². The second-order valence-corrected chi connectivity index (χ2v) is 10.6. The molecule has 4 aliphatic rings. The van der Waals surface area contributed by atoms with Crippen LogP contribution in [-0.4, -0.2) is 16.5 Å². The predicted octanol–water partition coefficient (Wildman–Crippen LogP) is 4.88. The Kier molecular flexibility index (Phi) is 4.31. The number of ketones is 1. The normalized spacial score (nSPS) is 53.3. The average molecular weight is 358 g/mol. The molecule has 0 bridgehead atoms. The average Bonchev–Trinajstić information content (AvgIpc) is 2.93. The molecule has 2 unspecified atom stereocenters. The zero-order valence-electron chi connectivity index (χ0n) is 16.8. The molecular weight excluding hydrogens is 322 g/mol. The minimum absolute atomic E-state index is 0.0350. The Morgan fingerprint density at radius 3 is 2.54 bits per heavy atom. The monoisotopic (exact) mass is 357 g/mol. The molecule has 0 aromatic carbocycles. The number of Topliss-reactive ketones (excluding diaryl/α,β-unsaturated/α-hetero) is 1. The molecule has 4 saturated carbocycles. The molecule has 1 N–H and O–H groups in total. The van der Waals surface area contributed by atoms with E-state index in [1.807, 2.05) is 6.07 Å². The van der Waals surface area contributed by atoms with Gasteiger partial charge in [0.1, 0.15) is 5.60 Å². The smallest absolute Gasteiger partial charge is 0.165 e. The lowest BCUT2D eigenvalue weighted by molar-refractivity contribution is -0.170. The minimum atomic E-state index is -1.38. The molecule has 3 heteroatoms. The van der Waals surface area contributed by atoms with Crippen LogP contribution < -0.4 is 0 Å². The fourth-order valence-corrected chi connectivity index (χ4v) is 8.26. The summed E-state index contributed by atoms with van der Waals surface area (Å²) < 4.78 is 0. The summed E-state index contributed by atoms with van der Waals surface area (Å²) in [5, 5.41) is 19.8. The number of nitriles is 1. The number of hydrogen-bond donors (Lipinski definition) is 1. The van der Waals surface area contributed by atoms with Gasteiger partial charge in [-0.05, 0) is 85.4 Å². The first-order valence-corrected chi connectivity index (χ1v) is 10.9. The standard InChI is InChI=1S/C23H35NO2/c1-4-15-6-8-18-17-7-5-16-13-23(26,11-12-24)20(25)14-22(16,3)19(17)9-10-21(15,18)2/h15-19,26H,4-11,13-14H2,1-3H3/t15-,16?,17-,18-,19-,21+,22-,23?/m0/s1. The predicted molar refractivity (Wildman–Crippen MR) is 101 cm³/mol. The third-order valence-corrected chi connectivity index (χ3v) is 9.77. The Hall–Kier alpha value is -0.880. The SMILES string of the molecule is CC[C@H]1CC[C@H]2[C@@H]3CCC4CC(O)(CC#N)C(=O)C[C@]4(C)[C@H]3CC[C@]12C. The van der Waals surface area contributed by atoms with Crippen LogP contribution in [0.2, 0.25) is 0 Å². The molecule has 144 valence electrons. The Morgan fingerprint density at radius 1 is 1.12 bits per heavy atom. The van der Waals surface area contributed by atoms with Gasteiger partial charge in [-0.1, -0.05) is 27.2 Å². The van der Waals surface area contributed by atoms with Crippen molar-refractivity contribution in [3.8, 4) is 6.07 Å². The largest absolute Gasteiger partial charge is 0.381 e. The Morgan fingerprint density at radius 2 is 1.85 bits per heavy atom. The summed E-state index contributed by atoms with van der Waals surface area (Å²) >= 11 is 0. The van der Waals surface area contributed by atoms with E-state index in [1.165, 1.54) is 38.5 Å².